The minimum atomic E-state index is -0.405. The number of fused-ring (bicyclic) bond motifs is 3. The Balaban J connectivity index is 1.32. The summed E-state index contributed by atoms with van der Waals surface area (Å²) < 4.78 is 28.5. The van der Waals surface area contributed by atoms with Crippen LogP contribution in [0.3, 0.4) is 0 Å². The predicted octanol–water partition coefficient (Wildman–Crippen LogP) is 3.94. The number of carbonyl (C=O) groups is 1. The number of esters is 1. The largest absolute Gasteiger partial charge is 0.478 e. The molecule has 3 heterocycles. The summed E-state index contributed by atoms with van der Waals surface area (Å²) in [6.07, 6.45) is 1.03. The summed E-state index contributed by atoms with van der Waals surface area (Å²) >= 11 is 0. The summed E-state index contributed by atoms with van der Waals surface area (Å²) in [7, 11) is 0. The van der Waals surface area contributed by atoms with Crippen LogP contribution in [-0.2, 0) is 16.0 Å². The van der Waals surface area contributed by atoms with Gasteiger partial charge in [-0.2, -0.15) is 0 Å². The molecule has 3 aromatic rings. The molecule has 0 spiro atoms. The quantitative estimate of drug-likeness (QED) is 0.420. The molecule has 0 aliphatic carbocycles. The van der Waals surface area contributed by atoms with Crippen LogP contribution in [0.15, 0.2) is 45.6 Å². The Hall–Kier alpha value is -3.40. The van der Waals surface area contributed by atoms with Gasteiger partial charge < -0.3 is 23.4 Å². The molecule has 196 valence electrons. The van der Waals surface area contributed by atoms with E-state index in [0.717, 1.165) is 57.1 Å². The lowest BCUT2D eigenvalue weighted by Gasteiger charge is -2.31. The van der Waals surface area contributed by atoms with Gasteiger partial charge in [0.15, 0.2) is 0 Å². The molecule has 37 heavy (non-hydrogen) atoms. The zero-order chi connectivity index (χ0) is 25.8. The maximum absolute atomic E-state index is 13.4. The fourth-order valence-corrected chi connectivity index (χ4v) is 4.70. The van der Waals surface area contributed by atoms with Gasteiger partial charge in [-0.15, -0.1) is 0 Å². The fourth-order valence-electron chi connectivity index (χ4n) is 4.70. The van der Waals surface area contributed by atoms with Crippen LogP contribution in [0.25, 0.3) is 11.0 Å². The average molecular weight is 509 g/mol. The van der Waals surface area contributed by atoms with Crippen molar-refractivity contribution >= 4 is 16.9 Å². The van der Waals surface area contributed by atoms with Crippen molar-refractivity contribution in [2.24, 2.45) is 0 Å². The highest BCUT2D eigenvalue weighted by Crippen LogP contribution is 2.34. The highest BCUT2D eigenvalue weighted by atomic mass is 16.5. The summed E-state index contributed by atoms with van der Waals surface area (Å²) in [5.74, 6) is 1.26. The first-order valence-electron chi connectivity index (χ1n) is 12.7. The van der Waals surface area contributed by atoms with Crippen LogP contribution in [0.2, 0.25) is 0 Å². The van der Waals surface area contributed by atoms with Crippen LogP contribution < -0.4 is 14.9 Å². The highest BCUT2D eigenvalue weighted by molar-refractivity contribution is 5.89. The van der Waals surface area contributed by atoms with Gasteiger partial charge in [-0.05, 0) is 63.2 Å². The van der Waals surface area contributed by atoms with Gasteiger partial charge in [-0.1, -0.05) is 0 Å². The van der Waals surface area contributed by atoms with E-state index < -0.39 is 5.97 Å². The summed E-state index contributed by atoms with van der Waals surface area (Å²) in [6.45, 7) is 10.4. The molecular weight excluding hydrogens is 476 g/mol. The van der Waals surface area contributed by atoms with E-state index in [1.165, 1.54) is 0 Å². The van der Waals surface area contributed by atoms with Crippen molar-refractivity contribution in [2.45, 2.75) is 26.8 Å². The minimum Gasteiger partial charge on any atom is -0.478 e. The van der Waals surface area contributed by atoms with Crippen molar-refractivity contribution in [1.82, 2.24) is 9.80 Å². The van der Waals surface area contributed by atoms with Crippen LogP contribution >= 0.6 is 0 Å². The first-order valence-corrected chi connectivity index (χ1v) is 12.7. The highest BCUT2D eigenvalue weighted by Gasteiger charge is 2.24. The van der Waals surface area contributed by atoms with Gasteiger partial charge in [0.2, 0.25) is 11.2 Å². The number of hydrogen-bond acceptors (Lipinski definition) is 9. The van der Waals surface area contributed by atoms with Gasteiger partial charge in [0.25, 0.3) is 0 Å². The van der Waals surface area contributed by atoms with E-state index in [9.17, 15) is 9.59 Å². The Morgan fingerprint density at radius 3 is 2.54 bits per heavy atom. The molecule has 0 radical (unpaired) electrons. The molecule has 1 fully saturated rings. The van der Waals surface area contributed by atoms with Crippen LogP contribution in [0.4, 0.5) is 0 Å². The summed E-state index contributed by atoms with van der Waals surface area (Å²) in [6, 6.07) is 10.0. The maximum atomic E-state index is 13.4. The van der Waals surface area contributed by atoms with E-state index in [2.05, 4.69) is 9.80 Å². The minimum absolute atomic E-state index is 0.121. The monoisotopic (exact) mass is 508 g/mol. The third kappa shape index (κ3) is 5.64. The molecule has 2 aliphatic heterocycles. The van der Waals surface area contributed by atoms with Gasteiger partial charge in [-0.3, -0.25) is 14.6 Å². The second kappa shape index (κ2) is 11.3. The molecule has 0 bridgehead atoms. The third-order valence-electron chi connectivity index (χ3n) is 6.67. The van der Waals surface area contributed by atoms with Crippen molar-refractivity contribution in [3.8, 4) is 17.2 Å². The zero-order valence-corrected chi connectivity index (χ0v) is 21.3. The third-order valence-corrected chi connectivity index (χ3v) is 6.67. The molecule has 9 nitrogen and oxygen atoms in total. The van der Waals surface area contributed by atoms with Crippen molar-refractivity contribution in [2.75, 3.05) is 52.7 Å². The lowest BCUT2D eigenvalue weighted by molar-refractivity contribution is 0.0330. The Kier molecular flexibility index (Phi) is 7.73. The van der Waals surface area contributed by atoms with E-state index in [1.54, 1.807) is 44.2 Å². The number of rotatable bonds is 8. The summed E-state index contributed by atoms with van der Waals surface area (Å²) in [5.41, 5.74) is 1.57. The van der Waals surface area contributed by atoms with E-state index in [-0.39, 0.29) is 11.2 Å². The number of benzene rings is 2. The topological polar surface area (TPSA) is 90.7 Å². The van der Waals surface area contributed by atoms with E-state index in [0.29, 0.717) is 47.9 Å². The Morgan fingerprint density at radius 2 is 1.78 bits per heavy atom. The number of carbonyl (C=O) groups excluding carboxylic acids is 1. The van der Waals surface area contributed by atoms with Crippen molar-refractivity contribution in [1.29, 1.82) is 0 Å². The second-order valence-corrected chi connectivity index (χ2v) is 9.22. The fraction of sp³-hybridized carbons (Fsp3) is 0.429. The lowest BCUT2D eigenvalue weighted by Crippen LogP contribution is -2.39. The molecule has 0 unspecified atom stereocenters. The molecule has 1 saturated heterocycles. The molecule has 0 N–H and O–H groups in total. The molecule has 5 rings (SSSR count). The van der Waals surface area contributed by atoms with Gasteiger partial charge in [0.1, 0.15) is 29.6 Å². The molecule has 9 heteroatoms. The van der Waals surface area contributed by atoms with Crippen molar-refractivity contribution in [3.05, 3.63) is 63.5 Å². The molecule has 0 atom stereocenters. The molecule has 0 saturated carbocycles. The Morgan fingerprint density at radius 1 is 1.03 bits per heavy atom. The maximum Gasteiger partial charge on any atom is 0.338 e. The van der Waals surface area contributed by atoms with E-state index in [4.69, 9.17) is 23.4 Å². The van der Waals surface area contributed by atoms with E-state index >= 15 is 0 Å². The summed E-state index contributed by atoms with van der Waals surface area (Å²) in [4.78, 5) is 29.9. The summed E-state index contributed by atoms with van der Waals surface area (Å²) in [5, 5.41) is 0.446. The molecule has 2 aliphatic rings. The smallest absolute Gasteiger partial charge is 0.338 e. The SMILES string of the molecule is CCOC(=O)c1ccc(Oc2c(C)oc3c4c(ccc3c2=O)OCN(CCCN2CCOCC2)C4)cc1. The van der Waals surface area contributed by atoms with E-state index in [1.807, 2.05) is 6.07 Å². The van der Waals surface area contributed by atoms with Gasteiger partial charge in [0.05, 0.1) is 36.3 Å². The van der Waals surface area contributed by atoms with Crippen molar-refractivity contribution in [3.63, 3.8) is 0 Å². The van der Waals surface area contributed by atoms with Crippen molar-refractivity contribution < 1.29 is 28.2 Å². The van der Waals surface area contributed by atoms with Crippen LogP contribution in [-0.4, -0.2) is 68.5 Å². The second-order valence-electron chi connectivity index (χ2n) is 9.22. The number of hydrogen-bond donors (Lipinski definition) is 0. The first kappa shape index (κ1) is 25.3. The van der Waals surface area contributed by atoms with Crippen LogP contribution in [0.1, 0.15) is 35.0 Å². The standard InChI is InChI=1S/C28H32N2O7/c1-3-34-28(32)20-5-7-21(8-6-20)37-26-19(2)36-27-22(25(26)31)9-10-24-23(27)17-30(18-35-24)12-4-11-29-13-15-33-16-14-29/h5-10H,3-4,11-18H2,1-2H3. The van der Waals surface area contributed by atoms with Crippen LogP contribution in [0.5, 0.6) is 17.2 Å². The Labute approximate surface area is 215 Å². The van der Waals surface area contributed by atoms with Gasteiger partial charge in [0, 0.05) is 26.2 Å². The molecular formula is C28H32N2O7. The number of ether oxygens (including phenoxy) is 4. The zero-order valence-electron chi connectivity index (χ0n) is 21.3. The van der Waals surface area contributed by atoms with Crippen LogP contribution in [0, 0.1) is 6.92 Å². The average Bonchev–Trinajstić information content (AvgIpc) is 2.92. The van der Waals surface area contributed by atoms with Gasteiger partial charge in [-0.25, -0.2) is 4.79 Å². The number of nitrogens with zero attached hydrogens (tertiary/aromatic N) is 2. The predicted molar refractivity (Wildman–Crippen MR) is 137 cm³/mol. The number of morpholine rings is 1. The number of aryl methyl sites for hydroxylation is 1. The molecule has 0 amide bonds. The first-order chi connectivity index (χ1) is 18.0. The van der Waals surface area contributed by atoms with Gasteiger partial charge >= 0.3 is 5.97 Å². The normalized spacial score (nSPS) is 16.3. The lowest BCUT2D eigenvalue weighted by atomic mass is 10.1. The Bertz CT molecular complexity index is 1310. The molecule has 1 aromatic heterocycles. The molecule has 2 aromatic carbocycles.